The van der Waals surface area contributed by atoms with E-state index in [1.165, 1.54) is 39.8 Å². The zero-order valence-electron chi connectivity index (χ0n) is 22.5. The van der Waals surface area contributed by atoms with Crippen LogP contribution in [0.1, 0.15) is 27.8 Å². The first kappa shape index (κ1) is 28.2. The summed E-state index contributed by atoms with van der Waals surface area (Å²) in [6.07, 6.45) is -0.506. The minimum absolute atomic E-state index is 0.167. The van der Waals surface area contributed by atoms with E-state index in [0.717, 1.165) is 21.7 Å². The Bertz CT molecular complexity index is 1590. The van der Waals surface area contributed by atoms with Crippen molar-refractivity contribution in [2.75, 3.05) is 5.75 Å². The Morgan fingerprint density at radius 1 is 0.976 bits per heavy atom. The van der Waals surface area contributed by atoms with Gasteiger partial charge in [-0.3, -0.25) is 14.5 Å². The molecule has 2 aliphatic rings. The highest BCUT2D eigenvalue weighted by molar-refractivity contribution is 8.07. The number of β-lactam (4-membered cyclic amide) rings is 1. The van der Waals surface area contributed by atoms with Gasteiger partial charge in [-0.15, -0.1) is 22.0 Å². The number of esters is 1. The van der Waals surface area contributed by atoms with Crippen LogP contribution in [-0.4, -0.2) is 50.0 Å². The number of aromatic nitrogens is 2. The Morgan fingerprint density at radius 3 is 2.19 bits per heavy atom. The third-order valence-corrected chi connectivity index (χ3v) is 10.2. The molecule has 212 valence electrons. The van der Waals surface area contributed by atoms with Gasteiger partial charge in [-0.2, -0.15) is 0 Å². The average Bonchev–Trinajstić information content (AvgIpc) is 3.43. The second-order valence-electron chi connectivity index (χ2n) is 9.68. The Hall–Kier alpha value is -3.93. The summed E-state index contributed by atoms with van der Waals surface area (Å²) in [4.78, 5) is 42.5. The van der Waals surface area contributed by atoms with Gasteiger partial charge in [0.25, 0.3) is 5.91 Å². The van der Waals surface area contributed by atoms with Crippen molar-refractivity contribution >= 4 is 52.6 Å². The Morgan fingerprint density at radius 2 is 1.60 bits per heavy atom. The van der Waals surface area contributed by atoms with Crippen LogP contribution in [0.25, 0.3) is 0 Å². The van der Waals surface area contributed by atoms with Crippen LogP contribution in [0.2, 0.25) is 0 Å². The van der Waals surface area contributed by atoms with Crippen molar-refractivity contribution in [2.45, 2.75) is 35.2 Å². The Labute approximate surface area is 255 Å². The van der Waals surface area contributed by atoms with E-state index in [1.54, 1.807) is 0 Å². The van der Waals surface area contributed by atoms with Crippen molar-refractivity contribution in [3.8, 4) is 0 Å². The van der Waals surface area contributed by atoms with Crippen LogP contribution in [0.3, 0.4) is 0 Å². The van der Waals surface area contributed by atoms with Crippen LogP contribution in [0.5, 0.6) is 0 Å². The average molecular weight is 615 g/mol. The SMILES string of the molecule is Cc1nnc(SC2=C(C(=O)OC(c3ccccc3)c3ccccc3)N3C(=O)[C@@H](NC(=O)Cc4ccccc4)[C@H]3SC2)s1. The second-order valence-corrected chi connectivity index (χ2v) is 13.3. The molecule has 1 saturated heterocycles. The first-order valence-corrected chi connectivity index (χ1v) is 16.0. The van der Waals surface area contributed by atoms with E-state index < -0.39 is 23.5 Å². The molecule has 2 amide bonds. The van der Waals surface area contributed by atoms with Gasteiger partial charge in [0.15, 0.2) is 10.4 Å². The summed E-state index contributed by atoms with van der Waals surface area (Å²) in [7, 11) is 0. The fourth-order valence-corrected chi connectivity index (χ4v) is 8.29. The number of benzene rings is 3. The number of rotatable bonds is 9. The van der Waals surface area contributed by atoms with Crippen molar-refractivity contribution in [1.82, 2.24) is 20.4 Å². The predicted octanol–water partition coefficient (Wildman–Crippen LogP) is 5.13. The number of hydrogen-bond donors (Lipinski definition) is 1. The molecule has 0 bridgehead atoms. The van der Waals surface area contributed by atoms with E-state index in [9.17, 15) is 14.4 Å². The zero-order valence-corrected chi connectivity index (χ0v) is 25.0. The van der Waals surface area contributed by atoms with Crippen molar-refractivity contribution in [1.29, 1.82) is 0 Å². The van der Waals surface area contributed by atoms with Gasteiger partial charge in [-0.05, 0) is 23.6 Å². The molecule has 0 aliphatic carbocycles. The van der Waals surface area contributed by atoms with E-state index in [-0.39, 0.29) is 23.9 Å². The number of nitrogens with zero attached hydrogens (tertiary/aromatic N) is 3. The first-order chi connectivity index (χ1) is 20.5. The summed E-state index contributed by atoms with van der Waals surface area (Å²) in [5, 5.41) is 11.6. The van der Waals surface area contributed by atoms with Gasteiger partial charge in [-0.25, -0.2) is 4.79 Å². The summed E-state index contributed by atoms with van der Waals surface area (Å²) in [6, 6.07) is 27.7. The fourth-order valence-electron chi connectivity index (χ4n) is 4.84. The molecule has 2 aliphatic heterocycles. The lowest BCUT2D eigenvalue weighted by Gasteiger charge is -2.49. The number of carbonyl (C=O) groups is 3. The lowest BCUT2D eigenvalue weighted by atomic mass is 10.0. The maximum absolute atomic E-state index is 14.0. The van der Waals surface area contributed by atoms with Crippen LogP contribution in [0.4, 0.5) is 0 Å². The molecule has 0 spiro atoms. The van der Waals surface area contributed by atoms with E-state index in [4.69, 9.17) is 4.74 Å². The molecule has 1 fully saturated rings. The maximum Gasteiger partial charge on any atom is 0.356 e. The lowest BCUT2D eigenvalue weighted by molar-refractivity contribution is -0.154. The highest BCUT2D eigenvalue weighted by atomic mass is 32.2. The lowest BCUT2D eigenvalue weighted by Crippen LogP contribution is -2.70. The van der Waals surface area contributed by atoms with Crippen LogP contribution in [-0.2, 0) is 25.5 Å². The summed E-state index contributed by atoms with van der Waals surface area (Å²) in [6.45, 7) is 1.86. The second kappa shape index (κ2) is 12.5. The smallest absolute Gasteiger partial charge is 0.356 e. The highest BCUT2D eigenvalue weighted by Gasteiger charge is 2.55. The molecule has 6 rings (SSSR count). The fraction of sp³-hybridized carbons (Fsp3) is 0.194. The maximum atomic E-state index is 14.0. The molecule has 1 N–H and O–H groups in total. The largest absolute Gasteiger partial charge is 0.448 e. The Balaban J connectivity index is 1.28. The van der Waals surface area contributed by atoms with E-state index in [2.05, 4.69) is 15.5 Å². The van der Waals surface area contributed by atoms with Gasteiger partial charge in [-0.1, -0.05) is 114 Å². The van der Waals surface area contributed by atoms with Gasteiger partial charge in [0.05, 0.1) is 6.42 Å². The van der Waals surface area contributed by atoms with Crippen LogP contribution in [0, 0.1) is 6.92 Å². The van der Waals surface area contributed by atoms with Crippen molar-refractivity contribution in [3.63, 3.8) is 0 Å². The van der Waals surface area contributed by atoms with E-state index in [1.807, 2.05) is 97.9 Å². The number of hydrogen-bond acceptors (Lipinski definition) is 9. The molecular formula is C31H26N4O4S3. The first-order valence-electron chi connectivity index (χ1n) is 13.3. The van der Waals surface area contributed by atoms with E-state index >= 15 is 0 Å². The summed E-state index contributed by atoms with van der Waals surface area (Å²) in [5.74, 6) is -0.743. The topological polar surface area (TPSA) is 101 Å². The highest BCUT2D eigenvalue weighted by Crippen LogP contribution is 2.46. The summed E-state index contributed by atoms with van der Waals surface area (Å²) < 4.78 is 6.87. The molecule has 0 saturated carbocycles. The molecule has 0 unspecified atom stereocenters. The van der Waals surface area contributed by atoms with Crippen LogP contribution < -0.4 is 5.32 Å². The number of thioether (sulfide) groups is 2. The van der Waals surface area contributed by atoms with E-state index in [0.29, 0.717) is 15.0 Å². The molecule has 4 aromatic rings. The molecule has 2 atom stereocenters. The van der Waals surface area contributed by atoms with Gasteiger partial charge in [0, 0.05) is 10.7 Å². The van der Waals surface area contributed by atoms with Gasteiger partial charge in [0.2, 0.25) is 5.91 Å². The molecule has 42 heavy (non-hydrogen) atoms. The quantitative estimate of drug-likeness (QED) is 0.205. The zero-order chi connectivity index (χ0) is 29.1. The van der Waals surface area contributed by atoms with Gasteiger partial charge >= 0.3 is 5.97 Å². The monoisotopic (exact) mass is 614 g/mol. The van der Waals surface area contributed by atoms with Crippen LogP contribution in [0.15, 0.2) is 106 Å². The molecule has 8 nitrogen and oxygen atoms in total. The summed E-state index contributed by atoms with van der Waals surface area (Å²) in [5.41, 5.74) is 2.67. The standard InChI is InChI=1S/C31H26N4O4S3/c1-19-33-34-31(41-19)42-23-18-40-29-25(32-24(36)17-20-11-5-2-6-12-20)28(37)35(29)26(23)30(38)39-27(21-13-7-3-8-14-21)22-15-9-4-10-16-22/h2-16,25,27,29H,17-18H2,1H3,(H,32,36)/t25-,29-/m1/s1. The molecular weight excluding hydrogens is 589 g/mol. The third kappa shape index (κ3) is 5.99. The molecule has 3 aromatic carbocycles. The minimum atomic E-state index is -0.733. The number of amides is 2. The van der Waals surface area contributed by atoms with Gasteiger partial charge in [0.1, 0.15) is 22.1 Å². The molecule has 11 heteroatoms. The van der Waals surface area contributed by atoms with Crippen molar-refractivity contribution in [3.05, 3.63) is 123 Å². The van der Waals surface area contributed by atoms with Gasteiger partial charge < -0.3 is 10.1 Å². The van der Waals surface area contributed by atoms with Crippen molar-refractivity contribution < 1.29 is 19.1 Å². The van der Waals surface area contributed by atoms with Crippen LogP contribution >= 0.6 is 34.9 Å². The number of aryl methyl sites for hydroxylation is 1. The van der Waals surface area contributed by atoms with Crippen molar-refractivity contribution in [2.24, 2.45) is 0 Å². The number of nitrogens with one attached hydrogen (secondary N) is 1. The number of ether oxygens (including phenoxy) is 1. The Kier molecular flexibility index (Phi) is 8.41. The molecule has 1 aromatic heterocycles. The number of fused-ring (bicyclic) bond motifs is 1. The third-order valence-electron chi connectivity index (χ3n) is 6.80. The molecule has 3 heterocycles. The normalized spacial score (nSPS) is 18.0. The molecule has 0 radical (unpaired) electrons. The number of carbonyl (C=O) groups excluding carboxylic acids is 3. The summed E-state index contributed by atoms with van der Waals surface area (Å²) >= 11 is 4.24. The predicted molar refractivity (Wildman–Crippen MR) is 164 cm³/mol. The minimum Gasteiger partial charge on any atom is -0.448 e.